The lowest BCUT2D eigenvalue weighted by Gasteiger charge is -2.45. The summed E-state index contributed by atoms with van der Waals surface area (Å²) in [6.07, 6.45) is 0.338. The molecule has 7 heteroatoms. The highest BCUT2D eigenvalue weighted by Gasteiger charge is 2.51. The van der Waals surface area contributed by atoms with E-state index in [1.165, 1.54) is 6.21 Å². The predicted octanol–water partition coefficient (Wildman–Crippen LogP) is 5.63. The topological polar surface area (TPSA) is 73.6 Å². The summed E-state index contributed by atoms with van der Waals surface area (Å²) in [6, 6.07) is 29.4. The molecule has 0 aliphatic rings. The highest BCUT2D eigenvalue weighted by molar-refractivity contribution is 6.99. The standard InChI is InChI=1S/C32H42N2O4Si/c1-25(29(33-30(35)37-31(2,3)4)24-34(36)23-26-17-11-8-12-18-26)38-39(32(5,6)7,27-19-13-9-14-20-27)28-21-15-10-16-22-28/h8-22,24-25,29H,23H2,1-7H3,(H,33,35)/b34-24-/t25-,29-/m1/s1. The molecule has 0 saturated carbocycles. The Hall–Kier alpha value is -3.42. The average molecular weight is 547 g/mol. The maximum absolute atomic E-state index is 13.1. The lowest BCUT2D eigenvalue weighted by atomic mass is 10.2. The first-order valence-corrected chi connectivity index (χ1v) is 15.3. The monoisotopic (exact) mass is 546 g/mol. The molecular formula is C32H42N2O4Si. The molecule has 0 bridgehead atoms. The molecule has 3 aromatic carbocycles. The summed E-state index contributed by atoms with van der Waals surface area (Å²) in [7, 11) is -2.93. The Kier molecular flexibility index (Phi) is 9.75. The summed E-state index contributed by atoms with van der Waals surface area (Å²) in [5.74, 6) is 0. The zero-order chi connectivity index (χ0) is 28.7. The van der Waals surface area contributed by atoms with E-state index in [9.17, 15) is 10.0 Å². The summed E-state index contributed by atoms with van der Waals surface area (Å²) in [5.41, 5.74) is 0.193. The number of hydroxylamine groups is 1. The molecule has 0 spiro atoms. The Bertz CT molecular complexity index is 1180. The fourth-order valence-electron chi connectivity index (χ4n) is 4.76. The van der Waals surface area contributed by atoms with Crippen molar-refractivity contribution in [2.75, 3.05) is 0 Å². The molecule has 3 aromatic rings. The summed E-state index contributed by atoms with van der Waals surface area (Å²) in [6.45, 7) is 14.1. The van der Waals surface area contributed by atoms with Crippen molar-refractivity contribution in [2.24, 2.45) is 0 Å². The summed E-state index contributed by atoms with van der Waals surface area (Å²) < 4.78 is 13.6. The van der Waals surface area contributed by atoms with Crippen molar-refractivity contribution in [3.8, 4) is 0 Å². The molecule has 0 unspecified atom stereocenters. The van der Waals surface area contributed by atoms with Gasteiger partial charge < -0.3 is 19.7 Å². The van der Waals surface area contributed by atoms with Gasteiger partial charge in [-0.3, -0.25) is 0 Å². The third-order valence-corrected chi connectivity index (χ3v) is 11.6. The van der Waals surface area contributed by atoms with Crippen molar-refractivity contribution in [1.29, 1.82) is 0 Å². The van der Waals surface area contributed by atoms with Crippen LogP contribution in [0.1, 0.15) is 54.0 Å². The number of alkyl carbamates (subject to hydrolysis) is 1. The fraction of sp³-hybridized carbons (Fsp3) is 0.375. The van der Waals surface area contributed by atoms with E-state index in [2.05, 4.69) is 50.4 Å². The van der Waals surface area contributed by atoms with Gasteiger partial charge in [0.05, 0.1) is 6.10 Å². The molecule has 0 aromatic heterocycles. The van der Waals surface area contributed by atoms with Crippen molar-refractivity contribution < 1.29 is 18.7 Å². The van der Waals surface area contributed by atoms with Crippen molar-refractivity contribution in [3.63, 3.8) is 0 Å². The maximum atomic E-state index is 13.1. The van der Waals surface area contributed by atoms with E-state index in [1.807, 2.05) is 94.4 Å². The van der Waals surface area contributed by atoms with E-state index in [4.69, 9.17) is 9.16 Å². The van der Waals surface area contributed by atoms with Gasteiger partial charge in [-0.2, -0.15) is 0 Å². The zero-order valence-corrected chi connectivity index (χ0v) is 25.2. The molecule has 39 heavy (non-hydrogen) atoms. The first-order chi connectivity index (χ1) is 18.3. The molecule has 0 aliphatic heterocycles. The van der Waals surface area contributed by atoms with Crippen LogP contribution < -0.4 is 15.7 Å². The van der Waals surface area contributed by atoms with E-state index < -0.39 is 32.2 Å². The number of carbonyl (C=O) groups is 1. The normalized spacial score (nSPS) is 14.4. The quantitative estimate of drug-likeness (QED) is 0.124. The van der Waals surface area contributed by atoms with Gasteiger partial charge in [-0.15, -0.1) is 0 Å². The Morgan fingerprint density at radius 2 is 1.33 bits per heavy atom. The third-order valence-electron chi connectivity index (χ3n) is 6.48. The van der Waals surface area contributed by atoms with Crippen LogP contribution in [0.5, 0.6) is 0 Å². The summed E-state index contributed by atoms with van der Waals surface area (Å²) in [4.78, 5) is 12.9. The van der Waals surface area contributed by atoms with Crippen molar-refractivity contribution >= 4 is 31.0 Å². The van der Waals surface area contributed by atoms with Gasteiger partial charge >= 0.3 is 6.09 Å². The third kappa shape index (κ3) is 8.04. The van der Waals surface area contributed by atoms with Gasteiger partial charge in [-0.1, -0.05) is 112 Å². The van der Waals surface area contributed by atoms with Crippen molar-refractivity contribution in [1.82, 2.24) is 5.32 Å². The lowest BCUT2D eigenvalue weighted by molar-refractivity contribution is -0.471. The second-order valence-electron chi connectivity index (χ2n) is 11.9. The van der Waals surface area contributed by atoms with Crippen LogP contribution in [0, 0.1) is 5.21 Å². The number of benzene rings is 3. The number of nitrogens with zero attached hydrogens (tertiary/aromatic N) is 1. The van der Waals surface area contributed by atoms with E-state index in [0.717, 1.165) is 20.7 Å². The van der Waals surface area contributed by atoms with Crippen LogP contribution in [0.15, 0.2) is 91.0 Å². The molecule has 3 rings (SSSR count). The Balaban J connectivity index is 2.06. The van der Waals surface area contributed by atoms with Crippen LogP contribution >= 0.6 is 0 Å². The van der Waals surface area contributed by atoms with E-state index >= 15 is 0 Å². The number of ether oxygens (including phenoxy) is 1. The van der Waals surface area contributed by atoms with Gasteiger partial charge in [0.2, 0.25) is 0 Å². The minimum absolute atomic E-state index is 0.152. The molecule has 208 valence electrons. The number of nitrogens with one attached hydrogen (secondary N) is 1. The predicted molar refractivity (Wildman–Crippen MR) is 161 cm³/mol. The number of hydrogen-bond donors (Lipinski definition) is 1. The van der Waals surface area contributed by atoms with Crippen LogP contribution in [-0.2, 0) is 15.7 Å². The molecule has 1 amide bonds. The van der Waals surface area contributed by atoms with Crippen molar-refractivity contribution in [3.05, 3.63) is 102 Å². The van der Waals surface area contributed by atoms with Gasteiger partial charge in [0, 0.05) is 5.56 Å². The van der Waals surface area contributed by atoms with Crippen LogP contribution in [0.2, 0.25) is 5.04 Å². The summed E-state index contributed by atoms with van der Waals surface area (Å²) >= 11 is 0. The SMILES string of the molecule is C[C@@H](O[Si](c1ccccc1)(c1ccccc1)C(C)(C)C)[C@@H](/C=[N+](\[O-])Cc1ccccc1)NC(=O)OC(C)(C)C. The van der Waals surface area contributed by atoms with Crippen LogP contribution in [0.25, 0.3) is 0 Å². The van der Waals surface area contributed by atoms with E-state index in [0.29, 0.717) is 0 Å². The van der Waals surface area contributed by atoms with Gasteiger partial charge in [0.1, 0.15) is 11.6 Å². The minimum atomic E-state index is -2.93. The van der Waals surface area contributed by atoms with E-state index in [1.54, 1.807) is 0 Å². The Morgan fingerprint density at radius 3 is 1.77 bits per heavy atom. The van der Waals surface area contributed by atoms with Crippen molar-refractivity contribution in [2.45, 2.75) is 77.8 Å². The average Bonchev–Trinajstić information content (AvgIpc) is 2.86. The van der Waals surface area contributed by atoms with Gasteiger partial charge in [-0.05, 0) is 43.1 Å². The fourth-order valence-corrected chi connectivity index (χ4v) is 9.48. The second kappa shape index (κ2) is 12.6. The van der Waals surface area contributed by atoms with E-state index in [-0.39, 0.29) is 11.6 Å². The lowest BCUT2D eigenvalue weighted by Crippen LogP contribution is -2.69. The molecule has 0 fully saturated rings. The number of carbonyl (C=O) groups excluding carboxylic acids is 1. The second-order valence-corrected chi connectivity index (χ2v) is 16.1. The largest absolute Gasteiger partial charge is 0.624 e. The highest BCUT2D eigenvalue weighted by Crippen LogP contribution is 2.37. The maximum Gasteiger partial charge on any atom is 0.408 e. The van der Waals surface area contributed by atoms with Gasteiger partial charge in [-0.25, -0.2) is 9.53 Å². The Labute approximate surface area is 234 Å². The minimum Gasteiger partial charge on any atom is -0.624 e. The van der Waals surface area contributed by atoms with Crippen LogP contribution in [-0.4, -0.2) is 43.1 Å². The number of hydrogen-bond acceptors (Lipinski definition) is 4. The molecule has 0 aliphatic carbocycles. The zero-order valence-electron chi connectivity index (χ0n) is 24.2. The highest BCUT2D eigenvalue weighted by atomic mass is 28.4. The van der Waals surface area contributed by atoms with Gasteiger partial charge in [0.15, 0.2) is 12.8 Å². The molecular weight excluding hydrogens is 504 g/mol. The Morgan fingerprint density at radius 1 is 0.872 bits per heavy atom. The molecule has 2 atom stereocenters. The molecule has 0 heterocycles. The van der Waals surface area contributed by atoms with Gasteiger partial charge in [0.25, 0.3) is 8.32 Å². The first kappa shape index (κ1) is 30.1. The molecule has 0 radical (unpaired) electrons. The van der Waals surface area contributed by atoms with Crippen LogP contribution in [0.3, 0.4) is 0 Å². The first-order valence-electron chi connectivity index (χ1n) is 13.4. The number of amides is 1. The molecule has 1 N–H and O–H groups in total. The molecule has 6 nitrogen and oxygen atoms in total. The molecule has 0 saturated heterocycles. The van der Waals surface area contributed by atoms with Crippen LogP contribution in [0.4, 0.5) is 4.79 Å². The smallest absolute Gasteiger partial charge is 0.408 e. The number of rotatable bonds is 9. The summed E-state index contributed by atoms with van der Waals surface area (Å²) in [5, 5.41) is 18.0.